The predicted molar refractivity (Wildman–Crippen MR) is 65.2 cm³/mol. The molecule has 0 aliphatic heterocycles. The Bertz CT molecular complexity index is 520. The van der Waals surface area contributed by atoms with Crippen molar-refractivity contribution in [2.75, 3.05) is 7.11 Å². The van der Waals surface area contributed by atoms with Gasteiger partial charge in [-0.05, 0) is 18.6 Å². The number of nitrogens with zero attached hydrogens (tertiary/aromatic N) is 1. The number of halogens is 1. The maximum absolute atomic E-state index is 11.1. The number of rotatable bonds is 4. The molecule has 2 aromatic rings. The third-order valence-electron chi connectivity index (χ3n) is 2.27. The molecule has 0 atom stereocenters. The summed E-state index contributed by atoms with van der Waals surface area (Å²) in [6.07, 6.45) is 2.47. The number of ether oxygens (including phenoxy) is 1. The van der Waals surface area contributed by atoms with Gasteiger partial charge in [0.25, 0.3) is 0 Å². The molecule has 6 heteroatoms. The number of hydrogen-bond donors (Lipinski definition) is 0. The Morgan fingerprint density at radius 2 is 2.41 bits per heavy atom. The molecule has 2 aromatic heterocycles. The van der Waals surface area contributed by atoms with Crippen LogP contribution in [0.25, 0.3) is 10.6 Å². The van der Waals surface area contributed by atoms with Crippen LogP contribution in [-0.4, -0.2) is 18.2 Å². The van der Waals surface area contributed by atoms with Gasteiger partial charge in [-0.3, -0.25) is 4.79 Å². The maximum Gasteiger partial charge on any atom is 0.305 e. The Kier molecular flexibility index (Phi) is 3.81. The van der Waals surface area contributed by atoms with Crippen molar-refractivity contribution in [1.29, 1.82) is 0 Å². The van der Waals surface area contributed by atoms with E-state index < -0.39 is 0 Å². The van der Waals surface area contributed by atoms with Gasteiger partial charge in [0.05, 0.1) is 22.5 Å². The van der Waals surface area contributed by atoms with E-state index in [9.17, 15) is 4.79 Å². The number of esters is 1. The molecule has 0 amide bonds. The van der Waals surface area contributed by atoms with E-state index in [2.05, 4.69) is 9.89 Å². The van der Waals surface area contributed by atoms with Crippen molar-refractivity contribution in [3.05, 3.63) is 28.2 Å². The molecule has 90 valence electrons. The minimum absolute atomic E-state index is 0.249. The van der Waals surface area contributed by atoms with Crippen LogP contribution in [0.5, 0.6) is 0 Å². The number of carbonyl (C=O) groups is 1. The van der Waals surface area contributed by atoms with Gasteiger partial charge in [-0.15, -0.1) is 11.3 Å². The van der Waals surface area contributed by atoms with Gasteiger partial charge in [-0.2, -0.15) is 0 Å². The first kappa shape index (κ1) is 12.1. The summed E-state index contributed by atoms with van der Waals surface area (Å²) < 4.78 is 10.5. The lowest BCUT2D eigenvalue weighted by atomic mass is 10.1. The van der Waals surface area contributed by atoms with Gasteiger partial charge >= 0.3 is 5.97 Å². The number of aryl methyl sites for hydroxylation is 1. The molecule has 0 aromatic carbocycles. The van der Waals surface area contributed by atoms with Crippen LogP contribution in [0.15, 0.2) is 22.9 Å². The molecule has 4 nitrogen and oxygen atoms in total. The summed E-state index contributed by atoms with van der Waals surface area (Å²) in [5.74, 6) is 0.423. The number of thiophene rings is 1. The van der Waals surface area contributed by atoms with E-state index in [1.165, 1.54) is 18.4 Å². The molecule has 0 N–H and O–H groups in total. The fraction of sp³-hybridized carbons (Fsp3) is 0.273. The minimum atomic E-state index is -0.249. The summed E-state index contributed by atoms with van der Waals surface area (Å²) in [6.45, 7) is 0. The number of carbonyl (C=O) groups excluding carboxylic acids is 1. The number of hydrogen-bond acceptors (Lipinski definition) is 5. The molecule has 0 fully saturated rings. The monoisotopic (exact) mass is 271 g/mol. The van der Waals surface area contributed by atoms with Crippen molar-refractivity contribution >= 4 is 28.9 Å². The van der Waals surface area contributed by atoms with Crippen molar-refractivity contribution < 1.29 is 14.1 Å². The molecule has 0 aliphatic rings. The average molecular weight is 272 g/mol. The number of methoxy groups -OCH3 is 1. The second-order valence-electron chi connectivity index (χ2n) is 3.36. The van der Waals surface area contributed by atoms with Crippen LogP contribution < -0.4 is 0 Å². The minimum Gasteiger partial charge on any atom is -0.469 e. The quantitative estimate of drug-likeness (QED) is 0.802. The third kappa shape index (κ3) is 2.87. The van der Waals surface area contributed by atoms with Crippen molar-refractivity contribution in [3.8, 4) is 10.6 Å². The normalized spacial score (nSPS) is 10.5. The Labute approximate surface area is 107 Å². The molecule has 2 rings (SSSR count). The Hall–Kier alpha value is -1.33. The summed E-state index contributed by atoms with van der Waals surface area (Å²) >= 11 is 7.28. The first-order valence-corrected chi connectivity index (χ1v) is 6.16. The fourth-order valence-electron chi connectivity index (χ4n) is 1.42. The Morgan fingerprint density at radius 1 is 1.59 bits per heavy atom. The van der Waals surface area contributed by atoms with Gasteiger partial charge in [-0.25, -0.2) is 0 Å². The van der Waals surface area contributed by atoms with E-state index in [-0.39, 0.29) is 5.97 Å². The predicted octanol–water partition coefficient (Wildman–Crippen LogP) is 3.16. The largest absolute Gasteiger partial charge is 0.469 e. The highest BCUT2D eigenvalue weighted by atomic mass is 35.5. The molecular formula is C11H10ClNO3S. The highest BCUT2D eigenvalue weighted by Crippen LogP contribution is 2.33. The van der Waals surface area contributed by atoms with E-state index in [4.69, 9.17) is 16.1 Å². The van der Waals surface area contributed by atoms with Crippen LogP contribution in [-0.2, 0) is 16.0 Å². The zero-order chi connectivity index (χ0) is 12.3. The average Bonchev–Trinajstić information content (AvgIpc) is 2.93. The van der Waals surface area contributed by atoms with Crippen molar-refractivity contribution in [2.45, 2.75) is 12.8 Å². The molecule has 0 spiro atoms. The second-order valence-corrected chi connectivity index (χ2v) is 5.08. The van der Waals surface area contributed by atoms with Gasteiger partial charge < -0.3 is 9.26 Å². The van der Waals surface area contributed by atoms with Crippen LogP contribution in [0.3, 0.4) is 0 Å². The third-order valence-corrected chi connectivity index (χ3v) is 3.50. The lowest BCUT2D eigenvalue weighted by Crippen LogP contribution is -2.01. The number of aromatic nitrogens is 1. The van der Waals surface area contributed by atoms with E-state index in [0.717, 1.165) is 10.4 Å². The van der Waals surface area contributed by atoms with Crippen molar-refractivity contribution in [1.82, 2.24) is 5.16 Å². The van der Waals surface area contributed by atoms with Gasteiger partial charge in [0.2, 0.25) is 0 Å². The summed E-state index contributed by atoms with van der Waals surface area (Å²) in [5, 5.41) is 3.75. The van der Waals surface area contributed by atoms with Crippen molar-refractivity contribution in [2.24, 2.45) is 0 Å². The first-order chi connectivity index (χ1) is 8.20. The smallest absolute Gasteiger partial charge is 0.305 e. The summed E-state index contributed by atoms with van der Waals surface area (Å²) in [7, 11) is 1.37. The molecule has 0 aliphatic carbocycles. The van der Waals surface area contributed by atoms with Crippen molar-refractivity contribution in [3.63, 3.8) is 0 Å². The van der Waals surface area contributed by atoms with Crippen LogP contribution in [0.4, 0.5) is 0 Å². The molecule has 0 saturated carbocycles. The molecule has 17 heavy (non-hydrogen) atoms. The molecule has 0 saturated heterocycles. The SMILES string of the molecule is COC(=O)CCc1cnoc1-c1ccc(Cl)s1. The standard InChI is InChI=1S/C11H10ClNO3S/c1-15-10(14)5-2-7-6-13-16-11(7)8-3-4-9(12)17-8/h3-4,6H,2,5H2,1H3. The zero-order valence-electron chi connectivity index (χ0n) is 9.10. The Morgan fingerprint density at radius 3 is 3.06 bits per heavy atom. The van der Waals surface area contributed by atoms with E-state index in [1.54, 1.807) is 12.3 Å². The Balaban J connectivity index is 2.14. The fourth-order valence-corrected chi connectivity index (χ4v) is 2.47. The lowest BCUT2D eigenvalue weighted by molar-refractivity contribution is -0.140. The molecular weight excluding hydrogens is 262 g/mol. The molecule has 0 bridgehead atoms. The molecule has 0 radical (unpaired) electrons. The topological polar surface area (TPSA) is 52.3 Å². The second kappa shape index (κ2) is 5.33. The van der Waals surface area contributed by atoms with Crippen LogP contribution in [0.1, 0.15) is 12.0 Å². The van der Waals surface area contributed by atoms with E-state index in [0.29, 0.717) is 22.9 Å². The summed E-state index contributed by atoms with van der Waals surface area (Å²) in [5.41, 5.74) is 0.883. The van der Waals surface area contributed by atoms with E-state index in [1.807, 2.05) is 6.07 Å². The van der Waals surface area contributed by atoms with Gasteiger partial charge in [0, 0.05) is 12.0 Å². The first-order valence-electron chi connectivity index (χ1n) is 4.97. The van der Waals surface area contributed by atoms with Gasteiger partial charge in [0.1, 0.15) is 0 Å². The van der Waals surface area contributed by atoms with Gasteiger partial charge in [-0.1, -0.05) is 16.8 Å². The van der Waals surface area contributed by atoms with Crippen LogP contribution in [0, 0.1) is 0 Å². The summed E-state index contributed by atoms with van der Waals surface area (Å²) in [6, 6.07) is 3.67. The van der Waals surface area contributed by atoms with Gasteiger partial charge in [0.15, 0.2) is 5.76 Å². The molecule has 2 heterocycles. The highest BCUT2D eigenvalue weighted by Gasteiger charge is 2.14. The zero-order valence-corrected chi connectivity index (χ0v) is 10.7. The maximum atomic E-state index is 11.1. The lowest BCUT2D eigenvalue weighted by Gasteiger charge is -1.98. The highest BCUT2D eigenvalue weighted by molar-refractivity contribution is 7.19. The summed E-state index contributed by atoms with van der Waals surface area (Å²) in [4.78, 5) is 12.0. The van der Waals surface area contributed by atoms with Crippen LogP contribution >= 0.6 is 22.9 Å². The molecule has 0 unspecified atom stereocenters. The van der Waals surface area contributed by atoms with Crippen LogP contribution in [0.2, 0.25) is 4.34 Å². The van der Waals surface area contributed by atoms with E-state index >= 15 is 0 Å².